The van der Waals surface area contributed by atoms with Crippen molar-refractivity contribution in [3.8, 4) is 0 Å². The van der Waals surface area contributed by atoms with Crippen molar-refractivity contribution in [2.45, 2.75) is 45.6 Å². The van der Waals surface area contributed by atoms with Gasteiger partial charge in [-0.3, -0.25) is 9.59 Å². The fourth-order valence-corrected chi connectivity index (χ4v) is 3.74. The Morgan fingerprint density at radius 3 is 2.56 bits per heavy atom. The zero-order valence-corrected chi connectivity index (χ0v) is 14.5. The van der Waals surface area contributed by atoms with Gasteiger partial charge in [0.25, 0.3) is 5.91 Å². The molecule has 1 aromatic rings. The highest BCUT2D eigenvalue weighted by Gasteiger charge is 2.44. The SMILES string of the molecule is Cc1cc(C(=O)N2CCC3(CCC(=O)N([C@@H](C)C(=O)O)C3)CC2)on1. The Labute approximate surface area is 145 Å². The van der Waals surface area contributed by atoms with Gasteiger partial charge in [0.05, 0.1) is 5.69 Å². The summed E-state index contributed by atoms with van der Waals surface area (Å²) in [6.45, 7) is 4.90. The van der Waals surface area contributed by atoms with Gasteiger partial charge in [0, 0.05) is 32.1 Å². The second-order valence-electron chi connectivity index (χ2n) is 7.16. The van der Waals surface area contributed by atoms with Crippen molar-refractivity contribution < 1.29 is 24.0 Å². The summed E-state index contributed by atoms with van der Waals surface area (Å²) >= 11 is 0. The van der Waals surface area contributed by atoms with Gasteiger partial charge in [0.1, 0.15) is 6.04 Å². The second kappa shape index (κ2) is 6.50. The van der Waals surface area contributed by atoms with Crippen LogP contribution in [0.15, 0.2) is 10.6 Å². The van der Waals surface area contributed by atoms with Crippen LogP contribution in [0.3, 0.4) is 0 Å². The molecule has 2 amide bonds. The molecule has 3 heterocycles. The van der Waals surface area contributed by atoms with E-state index < -0.39 is 12.0 Å². The van der Waals surface area contributed by atoms with Gasteiger partial charge in [-0.05, 0) is 38.5 Å². The molecule has 25 heavy (non-hydrogen) atoms. The van der Waals surface area contributed by atoms with E-state index in [0.717, 1.165) is 19.3 Å². The van der Waals surface area contributed by atoms with Crippen molar-refractivity contribution in [3.05, 3.63) is 17.5 Å². The van der Waals surface area contributed by atoms with Crippen molar-refractivity contribution in [2.24, 2.45) is 5.41 Å². The zero-order chi connectivity index (χ0) is 18.2. The molecule has 1 spiro atoms. The first-order chi connectivity index (χ1) is 11.8. The van der Waals surface area contributed by atoms with Crippen LogP contribution < -0.4 is 0 Å². The Kier molecular flexibility index (Phi) is 4.53. The number of aromatic nitrogens is 1. The minimum absolute atomic E-state index is 0.101. The molecule has 0 bridgehead atoms. The Morgan fingerprint density at radius 2 is 2.00 bits per heavy atom. The molecule has 1 atom stereocenters. The van der Waals surface area contributed by atoms with Gasteiger partial charge in [0.15, 0.2) is 0 Å². The number of hydrogen-bond acceptors (Lipinski definition) is 5. The van der Waals surface area contributed by atoms with Crippen molar-refractivity contribution in [1.29, 1.82) is 0 Å². The van der Waals surface area contributed by atoms with Gasteiger partial charge in [-0.1, -0.05) is 5.16 Å². The van der Waals surface area contributed by atoms with Gasteiger partial charge in [0.2, 0.25) is 11.7 Å². The molecule has 2 aliphatic rings. The predicted molar refractivity (Wildman–Crippen MR) is 86.9 cm³/mol. The molecule has 0 unspecified atom stereocenters. The lowest BCUT2D eigenvalue weighted by molar-refractivity contribution is -0.154. The van der Waals surface area contributed by atoms with Crippen LogP contribution in [0.25, 0.3) is 0 Å². The number of amides is 2. The summed E-state index contributed by atoms with van der Waals surface area (Å²) < 4.78 is 5.05. The number of rotatable bonds is 3. The number of piperidine rings is 2. The fraction of sp³-hybridized carbons (Fsp3) is 0.647. The topological polar surface area (TPSA) is 104 Å². The molecule has 3 rings (SSSR count). The predicted octanol–water partition coefficient (Wildman–Crippen LogP) is 1.30. The van der Waals surface area contributed by atoms with Crippen LogP contribution in [0.2, 0.25) is 0 Å². The largest absolute Gasteiger partial charge is 0.480 e. The number of carbonyl (C=O) groups excluding carboxylic acids is 2. The lowest BCUT2D eigenvalue weighted by Gasteiger charge is -2.48. The molecule has 2 fully saturated rings. The first-order valence-electron chi connectivity index (χ1n) is 8.56. The number of aliphatic carboxylic acids is 1. The van der Waals surface area contributed by atoms with Gasteiger partial charge in [-0.25, -0.2) is 4.79 Å². The number of carboxylic acids is 1. The molecule has 1 aromatic heterocycles. The molecule has 8 nitrogen and oxygen atoms in total. The zero-order valence-electron chi connectivity index (χ0n) is 14.5. The number of nitrogens with zero attached hydrogens (tertiary/aromatic N) is 3. The van der Waals surface area contributed by atoms with E-state index in [1.54, 1.807) is 24.8 Å². The Bertz CT molecular complexity index is 690. The highest BCUT2D eigenvalue weighted by Crippen LogP contribution is 2.41. The first kappa shape index (κ1) is 17.4. The monoisotopic (exact) mass is 349 g/mol. The number of hydrogen-bond donors (Lipinski definition) is 1. The number of aryl methyl sites for hydroxylation is 1. The summed E-state index contributed by atoms with van der Waals surface area (Å²) in [5.74, 6) is -1.01. The average Bonchev–Trinajstić information content (AvgIpc) is 3.03. The van der Waals surface area contributed by atoms with Gasteiger partial charge in [-0.15, -0.1) is 0 Å². The first-order valence-corrected chi connectivity index (χ1v) is 8.56. The van der Waals surface area contributed by atoms with Crippen LogP contribution in [0.4, 0.5) is 0 Å². The van der Waals surface area contributed by atoms with Crippen LogP contribution >= 0.6 is 0 Å². The van der Waals surface area contributed by atoms with Gasteiger partial charge in [-0.2, -0.15) is 0 Å². The Balaban J connectivity index is 1.65. The summed E-state index contributed by atoms with van der Waals surface area (Å²) in [7, 11) is 0. The maximum absolute atomic E-state index is 12.4. The molecule has 0 aliphatic carbocycles. The summed E-state index contributed by atoms with van der Waals surface area (Å²) in [5.41, 5.74) is 0.562. The van der Waals surface area contributed by atoms with E-state index in [9.17, 15) is 19.5 Å². The van der Waals surface area contributed by atoms with Crippen molar-refractivity contribution >= 4 is 17.8 Å². The lowest BCUT2D eigenvalue weighted by Crippen LogP contribution is -2.55. The van der Waals surface area contributed by atoms with Crippen LogP contribution in [-0.4, -0.2) is 63.5 Å². The third-order valence-corrected chi connectivity index (χ3v) is 5.47. The molecule has 136 valence electrons. The van der Waals surface area contributed by atoms with Crippen LogP contribution in [0.1, 0.15) is 48.9 Å². The number of likely N-dealkylation sites (tertiary alicyclic amines) is 2. The molecule has 0 aromatic carbocycles. The third kappa shape index (κ3) is 3.38. The van der Waals surface area contributed by atoms with E-state index in [-0.39, 0.29) is 23.0 Å². The Morgan fingerprint density at radius 1 is 1.32 bits per heavy atom. The molecule has 0 saturated carbocycles. The standard InChI is InChI=1S/C17H23N3O5/c1-11-9-13(25-18-11)15(22)19-7-5-17(6-8-19)4-3-14(21)20(10-17)12(2)16(23)24/h9,12H,3-8,10H2,1-2H3,(H,23,24)/t12-/m0/s1. The molecule has 1 N–H and O–H groups in total. The molecule has 8 heteroatoms. The van der Waals surface area contributed by atoms with E-state index in [1.165, 1.54) is 4.90 Å². The van der Waals surface area contributed by atoms with E-state index in [1.807, 2.05) is 0 Å². The van der Waals surface area contributed by atoms with Crippen molar-refractivity contribution in [1.82, 2.24) is 15.0 Å². The van der Waals surface area contributed by atoms with Gasteiger partial charge >= 0.3 is 5.97 Å². The summed E-state index contributed by atoms with van der Waals surface area (Å²) in [6.07, 6.45) is 2.62. The van der Waals surface area contributed by atoms with Gasteiger partial charge < -0.3 is 19.4 Å². The van der Waals surface area contributed by atoms with Crippen LogP contribution in [0.5, 0.6) is 0 Å². The minimum atomic E-state index is -0.987. The number of carboxylic acid groups (broad SMARTS) is 1. The van der Waals surface area contributed by atoms with Crippen molar-refractivity contribution in [2.75, 3.05) is 19.6 Å². The maximum Gasteiger partial charge on any atom is 0.326 e. The maximum atomic E-state index is 12.4. The van der Waals surface area contributed by atoms with E-state index >= 15 is 0 Å². The highest BCUT2D eigenvalue weighted by atomic mass is 16.5. The van der Waals surface area contributed by atoms with E-state index in [4.69, 9.17) is 4.52 Å². The normalized spacial score (nSPS) is 21.4. The minimum Gasteiger partial charge on any atom is -0.480 e. The highest BCUT2D eigenvalue weighted by molar-refractivity contribution is 5.91. The Hall–Kier alpha value is -2.38. The van der Waals surface area contributed by atoms with E-state index in [2.05, 4.69) is 5.16 Å². The van der Waals surface area contributed by atoms with Crippen LogP contribution in [-0.2, 0) is 9.59 Å². The summed E-state index contributed by atoms with van der Waals surface area (Å²) in [4.78, 5) is 39.0. The molecule has 2 saturated heterocycles. The van der Waals surface area contributed by atoms with E-state index in [0.29, 0.717) is 31.7 Å². The molecular weight excluding hydrogens is 326 g/mol. The molecule has 2 aliphatic heterocycles. The molecular formula is C17H23N3O5. The summed E-state index contributed by atoms with van der Waals surface area (Å²) in [5, 5.41) is 13.0. The smallest absolute Gasteiger partial charge is 0.326 e. The van der Waals surface area contributed by atoms with Crippen molar-refractivity contribution in [3.63, 3.8) is 0 Å². The third-order valence-electron chi connectivity index (χ3n) is 5.47. The van der Waals surface area contributed by atoms with Crippen LogP contribution in [0, 0.1) is 12.3 Å². The number of carbonyl (C=O) groups is 3. The summed E-state index contributed by atoms with van der Waals surface area (Å²) in [6, 6.07) is 0.809. The molecule has 0 radical (unpaired) electrons. The quantitative estimate of drug-likeness (QED) is 0.882. The fourth-order valence-electron chi connectivity index (χ4n) is 3.74. The second-order valence-corrected chi connectivity index (χ2v) is 7.16. The average molecular weight is 349 g/mol. The lowest BCUT2D eigenvalue weighted by atomic mass is 9.72.